The maximum atomic E-state index is 12.0. The van der Waals surface area contributed by atoms with E-state index in [1.54, 1.807) is 6.07 Å². The van der Waals surface area contributed by atoms with Crippen LogP contribution >= 0.6 is 0 Å². The van der Waals surface area contributed by atoms with Crippen molar-refractivity contribution in [2.75, 3.05) is 7.05 Å². The van der Waals surface area contributed by atoms with E-state index in [-0.39, 0.29) is 28.3 Å². The summed E-state index contributed by atoms with van der Waals surface area (Å²) in [5, 5.41) is 13.1. The number of rotatable bonds is 3. The number of carbonyl (C=O) groups excluding carboxylic acids is 3. The highest BCUT2D eigenvalue weighted by Crippen LogP contribution is 2.31. The molecule has 9 nitrogen and oxygen atoms in total. The molecule has 1 aliphatic heterocycles. The van der Waals surface area contributed by atoms with Gasteiger partial charge < -0.3 is 4.42 Å². The third kappa shape index (κ3) is 2.90. The summed E-state index contributed by atoms with van der Waals surface area (Å²) in [7, 11) is 1.23. The molecule has 0 atom stereocenters. The molecule has 1 N–H and O–H groups in total. The van der Waals surface area contributed by atoms with Crippen molar-refractivity contribution in [3.63, 3.8) is 0 Å². The number of nitro benzene ring substituents is 1. The molecule has 3 rings (SSSR count). The van der Waals surface area contributed by atoms with E-state index in [0.29, 0.717) is 0 Å². The van der Waals surface area contributed by atoms with E-state index >= 15 is 0 Å². The maximum absolute atomic E-state index is 12.0. The Morgan fingerprint density at radius 1 is 1.16 bits per heavy atom. The van der Waals surface area contributed by atoms with Crippen molar-refractivity contribution in [3.8, 4) is 11.3 Å². The van der Waals surface area contributed by atoms with E-state index in [2.05, 4.69) is 0 Å². The molecule has 0 aliphatic carbocycles. The lowest BCUT2D eigenvalue weighted by atomic mass is 10.1. The van der Waals surface area contributed by atoms with Gasteiger partial charge in [-0.15, -0.1) is 0 Å². The predicted molar refractivity (Wildman–Crippen MR) is 85.1 cm³/mol. The smallest absolute Gasteiger partial charge is 0.331 e. The molecule has 0 spiro atoms. The summed E-state index contributed by atoms with van der Waals surface area (Å²) in [6.45, 7) is 0. The van der Waals surface area contributed by atoms with E-state index in [1.165, 1.54) is 43.5 Å². The number of amides is 4. The van der Waals surface area contributed by atoms with Gasteiger partial charge in [-0.1, -0.05) is 12.1 Å². The SMILES string of the molecule is CN1C(=O)NC(=O)/C(=C\c2ccc(-c3ccccc3[N+](=O)[O-])o2)C1=O. The molecule has 0 radical (unpaired) electrons. The molecule has 0 bridgehead atoms. The van der Waals surface area contributed by atoms with Crippen LogP contribution in [0.3, 0.4) is 0 Å². The molecule has 1 aliphatic rings. The van der Waals surface area contributed by atoms with Crippen molar-refractivity contribution in [2.24, 2.45) is 0 Å². The number of hydrogen-bond donors (Lipinski definition) is 1. The molecular weight excluding hydrogens is 330 g/mol. The van der Waals surface area contributed by atoms with Crippen molar-refractivity contribution in [2.45, 2.75) is 0 Å². The lowest BCUT2D eigenvalue weighted by molar-refractivity contribution is -0.384. The van der Waals surface area contributed by atoms with Crippen LogP contribution < -0.4 is 5.32 Å². The second kappa shape index (κ2) is 6.04. The number of nitro groups is 1. The molecule has 9 heteroatoms. The molecule has 1 fully saturated rings. The van der Waals surface area contributed by atoms with Crippen LogP contribution in [0.5, 0.6) is 0 Å². The van der Waals surface area contributed by atoms with Crippen molar-refractivity contribution >= 4 is 29.6 Å². The fraction of sp³-hybridized carbons (Fsp3) is 0.0625. The Balaban J connectivity index is 1.98. The van der Waals surface area contributed by atoms with Gasteiger partial charge in [0.2, 0.25) is 0 Å². The number of hydrogen-bond acceptors (Lipinski definition) is 6. The molecule has 2 heterocycles. The second-order valence-electron chi connectivity index (χ2n) is 5.16. The number of nitrogens with zero attached hydrogens (tertiary/aromatic N) is 2. The van der Waals surface area contributed by atoms with E-state index in [1.807, 2.05) is 5.32 Å². The van der Waals surface area contributed by atoms with Crippen LogP contribution in [0.15, 0.2) is 46.4 Å². The topological polar surface area (TPSA) is 123 Å². The fourth-order valence-corrected chi connectivity index (χ4v) is 2.30. The Hall–Kier alpha value is -3.75. The summed E-state index contributed by atoms with van der Waals surface area (Å²) >= 11 is 0. The molecule has 1 aromatic heterocycles. The van der Waals surface area contributed by atoms with Gasteiger partial charge in [-0.25, -0.2) is 4.79 Å². The Morgan fingerprint density at radius 2 is 1.88 bits per heavy atom. The normalized spacial score (nSPS) is 16.3. The van der Waals surface area contributed by atoms with Gasteiger partial charge in [-0.05, 0) is 24.3 Å². The molecule has 0 saturated carbocycles. The quantitative estimate of drug-likeness (QED) is 0.394. The maximum Gasteiger partial charge on any atom is 0.331 e. The first kappa shape index (κ1) is 16.1. The first-order valence-electron chi connectivity index (χ1n) is 7.07. The average Bonchev–Trinajstić information content (AvgIpc) is 3.05. The first-order valence-corrected chi connectivity index (χ1v) is 7.07. The number of benzene rings is 1. The van der Waals surface area contributed by atoms with Crippen molar-refractivity contribution in [1.29, 1.82) is 0 Å². The summed E-state index contributed by atoms with van der Waals surface area (Å²) in [5.74, 6) is -1.24. The van der Waals surface area contributed by atoms with E-state index < -0.39 is 22.8 Å². The van der Waals surface area contributed by atoms with Gasteiger partial charge in [0, 0.05) is 13.1 Å². The number of carbonyl (C=O) groups is 3. The lowest BCUT2D eigenvalue weighted by Gasteiger charge is -2.21. The van der Waals surface area contributed by atoms with Crippen LogP contribution in [0.2, 0.25) is 0 Å². The predicted octanol–water partition coefficient (Wildman–Crippen LogP) is 1.95. The highest BCUT2D eigenvalue weighted by molar-refractivity contribution is 6.30. The average molecular weight is 341 g/mol. The van der Waals surface area contributed by atoms with Gasteiger partial charge in [-0.2, -0.15) is 0 Å². The van der Waals surface area contributed by atoms with Crippen molar-refractivity contribution in [1.82, 2.24) is 10.2 Å². The summed E-state index contributed by atoms with van der Waals surface area (Å²) in [6, 6.07) is 8.18. The zero-order chi connectivity index (χ0) is 18.1. The standard InChI is InChI=1S/C16H11N3O6/c1-18-15(21)11(14(20)17-16(18)22)8-9-6-7-13(25-9)10-4-2-3-5-12(10)19(23)24/h2-8H,1H3,(H,17,20,22)/b11-8+. The molecule has 25 heavy (non-hydrogen) atoms. The van der Waals surface area contributed by atoms with E-state index in [9.17, 15) is 24.5 Å². The Labute approximate surface area is 140 Å². The minimum atomic E-state index is -0.836. The van der Waals surface area contributed by atoms with E-state index in [4.69, 9.17) is 4.42 Å². The van der Waals surface area contributed by atoms with Gasteiger partial charge in [-0.3, -0.25) is 29.9 Å². The number of nitrogens with one attached hydrogen (secondary N) is 1. The number of imide groups is 2. The van der Waals surface area contributed by atoms with E-state index in [0.717, 1.165) is 4.90 Å². The molecule has 1 saturated heterocycles. The minimum Gasteiger partial charge on any atom is -0.456 e. The first-order chi connectivity index (χ1) is 11.9. The summed E-state index contributed by atoms with van der Waals surface area (Å²) in [6.07, 6.45) is 1.18. The molecule has 0 unspecified atom stereocenters. The number of furan rings is 1. The van der Waals surface area contributed by atoms with Crippen molar-refractivity contribution in [3.05, 3.63) is 57.8 Å². The molecule has 4 amide bonds. The van der Waals surface area contributed by atoms with Crippen LogP contribution in [-0.4, -0.2) is 34.7 Å². The van der Waals surface area contributed by atoms with Crippen molar-refractivity contribution < 1.29 is 23.7 Å². The number of barbiturate groups is 1. The Bertz CT molecular complexity index is 943. The fourth-order valence-electron chi connectivity index (χ4n) is 2.30. The van der Waals surface area contributed by atoms with Gasteiger partial charge in [0.05, 0.1) is 10.5 Å². The van der Waals surface area contributed by atoms with Gasteiger partial charge in [0.25, 0.3) is 17.5 Å². The van der Waals surface area contributed by atoms with Crippen LogP contribution in [0, 0.1) is 10.1 Å². The van der Waals surface area contributed by atoms with Gasteiger partial charge >= 0.3 is 6.03 Å². The zero-order valence-corrected chi connectivity index (χ0v) is 12.9. The van der Waals surface area contributed by atoms with Crippen LogP contribution in [0.25, 0.3) is 17.4 Å². The minimum absolute atomic E-state index is 0.132. The highest BCUT2D eigenvalue weighted by atomic mass is 16.6. The van der Waals surface area contributed by atoms with Crippen LogP contribution in [-0.2, 0) is 9.59 Å². The van der Waals surface area contributed by atoms with Crippen LogP contribution in [0.1, 0.15) is 5.76 Å². The highest BCUT2D eigenvalue weighted by Gasteiger charge is 2.33. The monoisotopic (exact) mass is 341 g/mol. The molecular formula is C16H11N3O6. The molecule has 1 aromatic carbocycles. The Kier molecular flexibility index (Phi) is 3.89. The molecule has 126 valence electrons. The number of likely N-dealkylation sites (N-methyl/N-ethyl adjacent to an activating group) is 1. The number of para-hydroxylation sites is 1. The largest absolute Gasteiger partial charge is 0.456 e. The summed E-state index contributed by atoms with van der Waals surface area (Å²) < 4.78 is 5.51. The summed E-state index contributed by atoms with van der Waals surface area (Å²) in [4.78, 5) is 46.5. The zero-order valence-electron chi connectivity index (χ0n) is 12.9. The van der Waals surface area contributed by atoms with Crippen LogP contribution in [0.4, 0.5) is 10.5 Å². The third-order valence-electron chi connectivity index (χ3n) is 3.58. The Morgan fingerprint density at radius 3 is 2.60 bits per heavy atom. The second-order valence-corrected chi connectivity index (χ2v) is 5.16. The van der Waals surface area contributed by atoms with Gasteiger partial charge in [0.1, 0.15) is 17.1 Å². The lowest BCUT2D eigenvalue weighted by Crippen LogP contribution is -2.52. The molecule has 2 aromatic rings. The van der Waals surface area contributed by atoms with Gasteiger partial charge in [0.15, 0.2) is 0 Å². The number of urea groups is 1. The summed E-state index contributed by atoms with van der Waals surface area (Å²) in [5.41, 5.74) is -0.137. The third-order valence-corrected chi connectivity index (χ3v) is 3.58.